The molecule has 36 heavy (non-hydrogen) atoms. The average Bonchev–Trinajstić information content (AvgIpc) is 2.86. The Morgan fingerprint density at radius 2 is 1.58 bits per heavy atom. The quantitative estimate of drug-likeness (QED) is 0.142. The van der Waals surface area contributed by atoms with Crippen molar-refractivity contribution in [3.63, 3.8) is 0 Å². The van der Waals surface area contributed by atoms with Gasteiger partial charge in [0.25, 0.3) is 5.91 Å². The number of nitrogens with zero attached hydrogens (tertiary/aromatic N) is 2. The van der Waals surface area contributed by atoms with Crippen molar-refractivity contribution in [2.45, 2.75) is 32.2 Å². The molecule has 7 nitrogen and oxygen atoms in total. The number of carbonyl (C=O) groups is 1. The lowest BCUT2D eigenvalue weighted by Gasteiger charge is -2.30. The molecule has 0 fully saturated rings. The van der Waals surface area contributed by atoms with Crippen LogP contribution in [0.25, 0.3) is 0 Å². The summed E-state index contributed by atoms with van der Waals surface area (Å²) in [5.74, 6) is -0.134. The lowest BCUT2D eigenvalue weighted by Crippen LogP contribution is -2.44. The summed E-state index contributed by atoms with van der Waals surface area (Å²) in [5, 5.41) is 14.5. The topological polar surface area (TPSA) is 81.5 Å². The molecule has 0 aliphatic rings. The molecule has 7 heteroatoms. The third-order valence-corrected chi connectivity index (χ3v) is 6.08. The zero-order chi connectivity index (χ0) is 25.8. The van der Waals surface area contributed by atoms with Gasteiger partial charge < -0.3 is 14.5 Å². The number of ether oxygens (including phenoxy) is 1. The molecule has 0 heterocycles. The van der Waals surface area contributed by atoms with E-state index < -0.39 is 4.92 Å². The summed E-state index contributed by atoms with van der Waals surface area (Å²) >= 11 is 0. The summed E-state index contributed by atoms with van der Waals surface area (Å²) < 4.78 is 6.40. The zero-order valence-corrected chi connectivity index (χ0v) is 21.2. The fraction of sp³-hybridized carbons (Fsp3) is 0.345. The van der Waals surface area contributed by atoms with Crippen LogP contribution >= 0.6 is 0 Å². The summed E-state index contributed by atoms with van der Waals surface area (Å²) in [6.07, 6.45) is 3.83. The highest BCUT2D eigenvalue weighted by Gasteiger charge is 2.20. The molecule has 0 spiro atoms. The van der Waals surface area contributed by atoms with Gasteiger partial charge in [-0.3, -0.25) is 14.9 Å². The molecule has 0 bridgehead atoms. The Balaban J connectivity index is 1.45. The van der Waals surface area contributed by atoms with Crippen LogP contribution < -0.4 is 10.1 Å². The third-order valence-electron chi connectivity index (χ3n) is 6.08. The SMILES string of the molecule is C[N+](C)(CCNC(=O)c1ccc(OCCCCCc2ccccc2)c([N+](=O)[O-])c1)Cc1ccccc1. The fourth-order valence-corrected chi connectivity index (χ4v) is 4.09. The van der Waals surface area contributed by atoms with Gasteiger partial charge in [0.15, 0.2) is 5.75 Å². The molecule has 3 aromatic rings. The lowest BCUT2D eigenvalue weighted by molar-refractivity contribution is -0.902. The van der Waals surface area contributed by atoms with E-state index in [-0.39, 0.29) is 22.9 Å². The maximum absolute atomic E-state index is 12.6. The van der Waals surface area contributed by atoms with Crippen molar-refractivity contribution in [1.82, 2.24) is 5.32 Å². The van der Waals surface area contributed by atoms with E-state index in [1.807, 2.05) is 36.4 Å². The van der Waals surface area contributed by atoms with E-state index in [1.165, 1.54) is 23.3 Å². The van der Waals surface area contributed by atoms with Crippen LogP contribution in [0.3, 0.4) is 0 Å². The van der Waals surface area contributed by atoms with E-state index in [1.54, 1.807) is 6.07 Å². The molecule has 190 valence electrons. The highest BCUT2D eigenvalue weighted by Crippen LogP contribution is 2.28. The molecule has 0 unspecified atom stereocenters. The number of unbranched alkanes of at least 4 members (excludes halogenated alkanes) is 2. The van der Waals surface area contributed by atoms with E-state index in [4.69, 9.17) is 4.74 Å². The van der Waals surface area contributed by atoms with Crippen LogP contribution in [-0.4, -0.2) is 49.1 Å². The van der Waals surface area contributed by atoms with Gasteiger partial charge in [0.1, 0.15) is 6.54 Å². The van der Waals surface area contributed by atoms with Crippen molar-refractivity contribution < 1.29 is 18.9 Å². The second kappa shape index (κ2) is 13.4. The summed E-state index contributed by atoms with van der Waals surface area (Å²) in [4.78, 5) is 23.7. The monoisotopic (exact) mass is 490 g/mol. The number of hydrogen-bond acceptors (Lipinski definition) is 4. The van der Waals surface area contributed by atoms with Crippen molar-refractivity contribution in [3.05, 3.63) is 106 Å². The first-order chi connectivity index (χ1) is 17.3. The smallest absolute Gasteiger partial charge is 0.311 e. The largest absolute Gasteiger partial charge is 0.487 e. The minimum Gasteiger partial charge on any atom is -0.487 e. The highest BCUT2D eigenvalue weighted by atomic mass is 16.6. The van der Waals surface area contributed by atoms with E-state index in [0.717, 1.165) is 38.8 Å². The maximum atomic E-state index is 12.6. The van der Waals surface area contributed by atoms with Gasteiger partial charge in [-0.15, -0.1) is 0 Å². The van der Waals surface area contributed by atoms with Crippen molar-refractivity contribution in [2.75, 3.05) is 33.8 Å². The number of aryl methyl sites for hydroxylation is 1. The van der Waals surface area contributed by atoms with Gasteiger partial charge in [0, 0.05) is 17.2 Å². The molecule has 3 rings (SSSR count). The molecule has 1 N–H and O–H groups in total. The number of quaternary nitrogens is 1. The van der Waals surface area contributed by atoms with E-state index in [2.05, 4.69) is 43.7 Å². The van der Waals surface area contributed by atoms with Gasteiger partial charge in [-0.1, -0.05) is 60.7 Å². The first kappa shape index (κ1) is 26.9. The Bertz CT molecular complexity index is 1120. The molecule has 3 aromatic carbocycles. The maximum Gasteiger partial charge on any atom is 0.311 e. The molecular weight excluding hydrogens is 454 g/mol. The number of benzene rings is 3. The van der Waals surface area contributed by atoms with Gasteiger partial charge in [-0.25, -0.2) is 0 Å². The van der Waals surface area contributed by atoms with Crippen LogP contribution in [0.1, 0.15) is 40.7 Å². The Morgan fingerprint density at radius 3 is 2.25 bits per heavy atom. The zero-order valence-electron chi connectivity index (χ0n) is 21.2. The minimum atomic E-state index is -0.499. The van der Waals surface area contributed by atoms with Gasteiger partial charge in [0.2, 0.25) is 0 Å². The number of rotatable bonds is 14. The van der Waals surface area contributed by atoms with Crippen molar-refractivity contribution >= 4 is 11.6 Å². The second-order valence-electron chi connectivity index (χ2n) is 9.64. The fourth-order valence-electron chi connectivity index (χ4n) is 4.09. The average molecular weight is 491 g/mol. The molecule has 1 amide bonds. The summed E-state index contributed by atoms with van der Waals surface area (Å²) in [7, 11) is 4.22. The second-order valence-corrected chi connectivity index (χ2v) is 9.64. The Hall–Kier alpha value is -3.71. The number of nitro benzene ring substituents is 1. The molecule has 0 aliphatic carbocycles. The first-order valence-electron chi connectivity index (χ1n) is 12.4. The number of likely N-dealkylation sites (N-methyl/N-ethyl adjacent to an activating group) is 1. The number of amides is 1. The standard InChI is InChI=1S/C29H35N3O4/c1-32(2,23-25-15-8-4-9-16-25)20-19-30-29(33)26-17-18-28(27(22-26)31(34)35)36-21-11-5-10-14-24-12-6-3-7-13-24/h3-4,6-9,12-13,15-18,22H,5,10-11,14,19-21,23H2,1-2H3/p+1. The van der Waals surface area contributed by atoms with Gasteiger partial charge in [-0.2, -0.15) is 0 Å². The van der Waals surface area contributed by atoms with E-state index >= 15 is 0 Å². The Morgan fingerprint density at radius 1 is 0.917 bits per heavy atom. The lowest BCUT2D eigenvalue weighted by atomic mass is 10.1. The van der Waals surface area contributed by atoms with Crippen LogP contribution in [0.5, 0.6) is 5.75 Å². The number of carbonyl (C=O) groups excluding carboxylic acids is 1. The number of nitrogens with one attached hydrogen (secondary N) is 1. The van der Waals surface area contributed by atoms with Crippen LogP contribution in [0.4, 0.5) is 5.69 Å². The van der Waals surface area contributed by atoms with Crippen molar-refractivity contribution in [3.8, 4) is 5.75 Å². The van der Waals surface area contributed by atoms with Crippen LogP contribution in [0.15, 0.2) is 78.9 Å². The molecular formula is C29H36N3O4+. The normalized spacial score (nSPS) is 11.2. The van der Waals surface area contributed by atoms with E-state index in [9.17, 15) is 14.9 Å². The molecule has 0 saturated carbocycles. The van der Waals surface area contributed by atoms with Crippen molar-refractivity contribution in [2.24, 2.45) is 0 Å². The summed E-state index contributed by atoms with van der Waals surface area (Å²) in [5.41, 5.74) is 2.61. The highest BCUT2D eigenvalue weighted by molar-refractivity contribution is 5.95. The van der Waals surface area contributed by atoms with E-state index in [0.29, 0.717) is 17.6 Å². The number of nitro groups is 1. The predicted octanol–water partition coefficient (Wildman–Crippen LogP) is 5.39. The predicted molar refractivity (Wildman–Crippen MR) is 142 cm³/mol. The van der Waals surface area contributed by atoms with Crippen molar-refractivity contribution in [1.29, 1.82) is 0 Å². The molecule has 0 atom stereocenters. The number of hydrogen-bond donors (Lipinski definition) is 1. The van der Waals surface area contributed by atoms with Crippen LogP contribution in [0, 0.1) is 10.1 Å². The molecule has 0 saturated heterocycles. The molecule has 0 aromatic heterocycles. The van der Waals surface area contributed by atoms with Gasteiger partial charge in [-0.05, 0) is 43.4 Å². The third kappa shape index (κ3) is 8.82. The summed E-state index contributed by atoms with van der Waals surface area (Å²) in [6, 6.07) is 24.9. The van der Waals surface area contributed by atoms with Crippen LogP contribution in [-0.2, 0) is 13.0 Å². The Kier molecular flexibility index (Phi) is 10.0. The minimum absolute atomic E-state index is 0.188. The van der Waals surface area contributed by atoms with Gasteiger partial charge in [0.05, 0.1) is 38.7 Å². The molecule has 0 aliphatic heterocycles. The molecule has 0 radical (unpaired) electrons. The van der Waals surface area contributed by atoms with Crippen LogP contribution in [0.2, 0.25) is 0 Å². The van der Waals surface area contributed by atoms with Gasteiger partial charge >= 0.3 is 5.69 Å². The summed E-state index contributed by atoms with van der Waals surface area (Å²) in [6.45, 7) is 2.44. The first-order valence-corrected chi connectivity index (χ1v) is 12.4. The Labute approximate surface area is 213 Å².